The lowest BCUT2D eigenvalue weighted by molar-refractivity contribution is -0.125. The Labute approximate surface area is 217 Å². The van der Waals surface area contributed by atoms with Crippen LogP contribution in [0.4, 0.5) is 4.79 Å². The summed E-state index contributed by atoms with van der Waals surface area (Å²) in [6.07, 6.45) is 13.6. The Morgan fingerprint density at radius 2 is 1.78 bits per heavy atom. The highest BCUT2D eigenvalue weighted by molar-refractivity contribution is 5.86. The number of allylic oxidation sites excluding steroid dienone is 1. The molecule has 1 saturated carbocycles. The third-order valence-electron chi connectivity index (χ3n) is 7.09. The maximum atomic E-state index is 13.2. The van der Waals surface area contributed by atoms with Crippen molar-refractivity contribution in [2.75, 3.05) is 6.61 Å². The molecular weight excluding hydrogens is 456 g/mol. The van der Waals surface area contributed by atoms with Crippen LogP contribution in [0.2, 0.25) is 0 Å². The molecule has 0 aliphatic heterocycles. The lowest BCUT2D eigenvalue weighted by atomic mass is 9.90. The van der Waals surface area contributed by atoms with Crippen LogP contribution in [0.1, 0.15) is 122 Å². The normalized spacial score (nSPS) is 17.4. The van der Waals surface area contributed by atoms with Crippen molar-refractivity contribution in [1.29, 1.82) is 0 Å². The number of ether oxygens (including phenoxy) is 1. The summed E-state index contributed by atoms with van der Waals surface area (Å²) in [7, 11) is 0. The molecule has 1 aliphatic rings. The quantitative estimate of drug-likeness (QED) is 0.256. The predicted octanol–water partition coefficient (Wildman–Crippen LogP) is 5.56. The molecule has 1 aromatic rings. The molecule has 0 bridgehead atoms. The van der Waals surface area contributed by atoms with Crippen molar-refractivity contribution in [2.24, 2.45) is 11.8 Å². The highest BCUT2D eigenvalue weighted by Gasteiger charge is 2.34. The van der Waals surface area contributed by atoms with E-state index in [-0.39, 0.29) is 17.3 Å². The van der Waals surface area contributed by atoms with Crippen molar-refractivity contribution in [3.8, 4) is 0 Å². The minimum atomic E-state index is -1.06. The average Bonchev–Trinajstić information content (AvgIpc) is 3.51. The molecule has 0 spiro atoms. The molecule has 3 N–H and O–H groups in total. The largest absolute Gasteiger partial charge is 0.449 e. The van der Waals surface area contributed by atoms with Gasteiger partial charge in [0.15, 0.2) is 5.43 Å². The van der Waals surface area contributed by atoms with Gasteiger partial charge >= 0.3 is 6.09 Å². The minimum Gasteiger partial charge on any atom is -0.449 e. The molecule has 0 radical (unpaired) electrons. The lowest BCUT2D eigenvalue weighted by Gasteiger charge is -2.27. The zero-order valence-corrected chi connectivity index (χ0v) is 22.8. The number of alkyl carbamates (subject to hydrolysis) is 1. The SMILES string of the molecule is CCCC/C=C\c1c([C@H](O)[C@H](CCCC)NC(=O)[C@H](CC(C)C)NC(=O)OCC2CCCCC2)c1=O. The van der Waals surface area contributed by atoms with E-state index in [0.717, 1.165) is 44.9 Å². The van der Waals surface area contributed by atoms with Crippen LogP contribution in [0.3, 0.4) is 0 Å². The van der Waals surface area contributed by atoms with Gasteiger partial charge in [-0.25, -0.2) is 4.79 Å². The summed E-state index contributed by atoms with van der Waals surface area (Å²) in [6.45, 7) is 8.52. The maximum absolute atomic E-state index is 13.2. The molecule has 0 saturated heterocycles. The van der Waals surface area contributed by atoms with Gasteiger partial charge in [-0.3, -0.25) is 9.59 Å². The molecule has 0 aromatic heterocycles. The number of hydrogen-bond acceptors (Lipinski definition) is 5. The topological polar surface area (TPSA) is 105 Å². The first kappa shape index (κ1) is 30.1. The number of nitrogens with one attached hydrogen (secondary N) is 2. The zero-order chi connectivity index (χ0) is 26.5. The monoisotopic (exact) mass is 504 g/mol. The van der Waals surface area contributed by atoms with E-state index < -0.39 is 24.3 Å². The van der Waals surface area contributed by atoms with Gasteiger partial charge in [0.2, 0.25) is 5.91 Å². The second kappa shape index (κ2) is 15.9. The lowest BCUT2D eigenvalue weighted by Crippen LogP contribution is -2.51. The smallest absolute Gasteiger partial charge is 0.407 e. The van der Waals surface area contributed by atoms with Gasteiger partial charge in [0.1, 0.15) is 12.1 Å². The summed E-state index contributed by atoms with van der Waals surface area (Å²) < 4.78 is 5.45. The highest BCUT2D eigenvalue weighted by atomic mass is 16.5. The molecule has 7 heteroatoms. The Kier molecular flexibility index (Phi) is 13.2. The van der Waals surface area contributed by atoms with Crippen LogP contribution >= 0.6 is 0 Å². The van der Waals surface area contributed by atoms with Crippen LogP contribution in [0.15, 0.2) is 10.9 Å². The fourth-order valence-electron chi connectivity index (χ4n) is 4.83. The average molecular weight is 505 g/mol. The Hall–Kier alpha value is -2.15. The number of rotatable bonds is 16. The van der Waals surface area contributed by atoms with Gasteiger partial charge < -0.3 is 20.5 Å². The predicted molar refractivity (Wildman–Crippen MR) is 144 cm³/mol. The van der Waals surface area contributed by atoms with Crippen LogP contribution in [0.25, 0.3) is 6.08 Å². The maximum Gasteiger partial charge on any atom is 0.407 e. The molecule has 2 amide bonds. The number of hydrogen-bond donors (Lipinski definition) is 3. The molecule has 1 aliphatic carbocycles. The zero-order valence-electron chi connectivity index (χ0n) is 22.8. The van der Waals surface area contributed by atoms with Crippen molar-refractivity contribution in [3.63, 3.8) is 0 Å². The summed E-state index contributed by atoms with van der Waals surface area (Å²) in [5.74, 6) is 0.211. The van der Waals surface area contributed by atoms with Gasteiger partial charge in [-0.1, -0.05) is 84.8 Å². The van der Waals surface area contributed by atoms with E-state index in [1.807, 2.05) is 26.8 Å². The number of aliphatic hydroxyl groups is 1. The third kappa shape index (κ3) is 10.1. The van der Waals surface area contributed by atoms with Crippen molar-refractivity contribution in [2.45, 2.75) is 123 Å². The third-order valence-corrected chi connectivity index (χ3v) is 7.09. The fraction of sp³-hybridized carbons (Fsp3) is 0.759. The molecule has 0 heterocycles. The fourth-order valence-corrected chi connectivity index (χ4v) is 4.83. The van der Waals surface area contributed by atoms with Gasteiger partial charge in [-0.15, -0.1) is 0 Å². The first-order chi connectivity index (χ1) is 17.3. The van der Waals surface area contributed by atoms with E-state index in [4.69, 9.17) is 4.74 Å². The van der Waals surface area contributed by atoms with Crippen molar-refractivity contribution >= 4 is 18.1 Å². The van der Waals surface area contributed by atoms with E-state index >= 15 is 0 Å². The summed E-state index contributed by atoms with van der Waals surface area (Å²) >= 11 is 0. The molecule has 1 aromatic carbocycles. The number of carbonyl (C=O) groups excluding carboxylic acids is 2. The Morgan fingerprint density at radius 1 is 1.08 bits per heavy atom. The van der Waals surface area contributed by atoms with Crippen LogP contribution < -0.4 is 16.1 Å². The van der Waals surface area contributed by atoms with Gasteiger partial charge in [0.25, 0.3) is 0 Å². The van der Waals surface area contributed by atoms with E-state index in [2.05, 4.69) is 17.6 Å². The summed E-state index contributed by atoms with van der Waals surface area (Å²) in [5, 5.41) is 16.7. The van der Waals surface area contributed by atoms with Crippen LogP contribution in [-0.2, 0) is 9.53 Å². The number of carbonyl (C=O) groups is 2. The Morgan fingerprint density at radius 3 is 2.42 bits per heavy atom. The molecule has 2 rings (SSSR count). The summed E-state index contributed by atoms with van der Waals surface area (Å²) in [5.41, 5.74) is 0.816. The molecule has 1 fully saturated rings. The molecule has 0 unspecified atom stereocenters. The molecular formula is C29H48N2O5. The van der Waals surface area contributed by atoms with Gasteiger partial charge in [-0.2, -0.15) is 0 Å². The van der Waals surface area contributed by atoms with Gasteiger partial charge in [0, 0.05) is 11.1 Å². The van der Waals surface area contributed by atoms with Gasteiger partial charge in [0.05, 0.1) is 12.6 Å². The Bertz CT molecular complexity index is 833. The summed E-state index contributed by atoms with van der Waals surface area (Å²) in [6, 6.07) is -1.36. The second-order valence-electron chi connectivity index (χ2n) is 10.8. The van der Waals surface area contributed by atoms with Crippen LogP contribution in [0, 0.1) is 11.8 Å². The molecule has 36 heavy (non-hydrogen) atoms. The molecule has 7 nitrogen and oxygen atoms in total. The van der Waals surface area contributed by atoms with E-state index in [1.54, 1.807) is 6.08 Å². The van der Waals surface area contributed by atoms with Crippen molar-refractivity contribution in [1.82, 2.24) is 10.6 Å². The van der Waals surface area contributed by atoms with Crippen LogP contribution in [0.5, 0.6) is 0 Å². The Balaban J connectivity index is 2.00. The van der Waals surface area contributed by atoms with E-state index in [9.17, 15) is 19.5 Å². The number of aliphatic hydroxyl groups excluding tert-OH is 1. The van der Waals surface area contributed by atoms with Crippen molar-refractivity contribution in [3.05, 3.63) is 27.4 Å². The first-order valence-electron chi connectivity index (χ1n) is 14.2. The first-order valence-corrected chi connectivity index (χ1v) is 14.2. The number of amides is 2. The molecule has 3 atom stereocenters. The van der Waals surface area contributed by atoms with Crippen molar-refractivity contribution < 1.29 is 19.4 Å². The van der Waals surface area contributed by atoms with Gasteiger partial charge in [-0.05, 0) is 43.9 Å². The highest BCUT2D eigenvalue weighted by Crippen LogP contribution is 2.27. The minimum absolute atomic E-state index is 0.130. The summed E-state index contributed by atoms with van der Waals surface area (Å²) in [4.78, 5) is 38.1. The standard InChI is InChI=1S/C29H48N2O5/c1-5-7-9-13-16-22-25(26(22)32)27(33)23(17-8-6-2)30-28(34)24(18-20(3)4)31-29(35)36-19-21-14-11-10-12-15-21/h13,16,20-21,23-24,27,33H,5-12,14-15,17-19H2,1-4H3,(H,30,34)(H,31,35)/b16-13-/t23-,24-,27+/m0/s1. The number of unbranched alkanes of at least 4 members (excludes halogenated alkanes) is 3. The molecule has 204 valence electrons. The van der Waals surface area contributed by atoms with Crippen LogP contribution in [-0.4, -0.2) is 35.8 Å². The van der Waals surface area contributed by atoms with E-state index in [1.165, 1.54) is 19.3 Å². The van der Waals surface area contributed by atoms with E-state index in [0.29, 0.717) is 36.5 Å². The second-order valence-corrected chi connectivity index (χ2v) is 10.8.